The molecule has 1 N–H and O–H groups in total. The van der Waals surface area contributed by atoms with E-state index in [0.717, 1.165) is 0 Å². The molecule has 1 aromatic carbocycles. The fourth-order valence-electron chi connectivity index (χ4n) is 1.58. The summed E-state index contributed by atoms with van der Waals surface area (Å²) in [6.07, 6.45) is 3.11. The second-order valence-electron chi connectivity index (χ2n) is 3.95. The average molecular weight is 269 g/mol. The molecule has 0 aliphatic heterocycles. The molecular weight excluding hydrogens is 259 g/mol. The molecule has 0 bridgehead atoms. The second-order valence-corrected chi connectivity index (χ2v) is 3.95. The number of rotatable bonds is 3. The van der Waals surface area contributed by atoms with Crippen LogP contribution in [0.3, 0.4) is 0 Å². The van der Waals surface area contributed by atoms with Crippen LogP contribution >= 0.6 is 0 Å². The Morgan fingerprint density at radius 3 is 2.47 bits per heavy atom. The number of hydrogen-bond acceptors (Lipinski definition) is 2. The van der Waals surface area contributed by atoms with E-state index in [1.54, 1.807) is 6.20 Å². The molecule has 4 nitrogen and oxygen atoms in total. The summed E-state index contributed by atoms with van der Waals surface area (Å²) in [7, 11) is 1.45. The highest BCUT2D eigenvalue weighted by molar-refractivity contribution is 5.94. The molecule has 0 spiro atoms. The third-order valence-corrected chi connectivity index (χ3v) is 2.52. The van der Waals surface area contributed by atoms with E-state index >= 15 is 0 Å². The van der Waals surface area contributed by atoms with Crippen LogP contribution in [0.2, 0.25) is 0 Å². The number of carbonyl (C=O) groups excluding carboxylic acids is 1. The van der Waals surface area contributed by atoms with Crippen molar-refractivity contribution >= 4 is 5.91 Å². The SMILES string of the molecule is CN(Cc1ncc[nH]1)C(=O)c1cc(F)c(F)c(F)c1. The largest absolute Gasteiger partial charge is 0.347 e. The van der Waals surface area contributed by atoms with Gasteiger partial charge in [-0.3, -0.25) is 4.79 Å². The molecular formula is C12H10F3N3O. The van der Waals surface area contributed by atoms with Crippen molar-refractivity contribution < 1.29 is 18.0 Å². The van der Waals surface area contributed by atoms with Crippen LogP contribution in [0, 0.1) is 17.5 Å². The first kappa shape index (κ1) is 13.1. The molecule has 0 atom stereocenters. The number of benzene rings is 1. The van der Waals surface area contributed by atoms with Gasteiger partial charge < -0.3 is 9.88 Å². The van der Waals surface area contributed by atoms with E-state index in [1.807, 2.05) is 0 Å². The van der Waals surface area contributed by atoms with Crippen molar-refractivity contribution in [2.24, 2.45) is 0 Å². The lowest BCUT2D eigenvalue weighted by molar-refractivity contribution is 0.0780. The lowest BCUT2D eigenvalue weighted by Gasteiger charge is -2.16. The number of H-pyrrole nitrogens is 1. The number of aromatic amines is 1. The minimum atomic E-state index is -1.59. The van der Waals surface area contributed by atoms with Crippen LogP contribution in [0.15, 0.2) is 24.5 Å². The highest BCUT2D eigenvalue weighted by atomic mass is 19.2. The quantitative estimate of drug-likeness (QED) is 0.867. The number of nitrogens with zero attached hydrogens (tertiary/aromatic N) is 2. The van der Waals surface area contributed by atoms with Gasteiger partial charge >= 0.3 is 0 Å². The van der Waals surface area contributed by atoms with E-state index in [4.69, 9.17) is 0 Å². The number of hydrogen-bond donors (Lipinski definition) is 1. The Hall–Kier alpha value is -2.31. The molecule has 2 rings (SSSR count). The maximum absolute atomic E-state index is 13.0. The summed E-state index contributed by atoms with van der Waals surface area (Å²) < 4.78 is 38.9. The zero-order chi connectivity index (χ0) is 14.0. The first-order chi connectivity index (χ1) is 8.99. The van der Waals surface area contributed by atoms with Gasteiger partial charge in [-0.1, -0.05) is 0 Å². The zero-order valence-corrected chi connectivity index (χ0v) is 9.95. The molecule has 19 heavy (non-hydrogen) atoms. The molecule has 2 aromatic rings. The second kappa shape index (κ2) is 5.13. The Kier molecular flexibility index (Phi) is 3.55. The van der Waals surface area contributed by atoms with Crippen molar-refractivity contribution in [2.45, 2.75) is 6.54 Å². The molecule has 1 amide bonds. The highest BCUT2D eigenvalue weighted by Gasteiger charge is 2.18. The third kappa shape index (κ3) is 2.75. The molecule has 0 unspecified atom stereocenters. The number of amides is 1. The number of halogens is 3. The fraction of sp³-hybridized carbons (Fsp3) is 0.167. The molecule has 1 aromatic heterocycles. The van der Waals surface area contributed by atoms with Crippen LogP contribution < -0.4 is 0 Å². The summed E-state index contributed by atoms with van der Waals surface area (Å²) in [5.74, 6) is -4.48. The summed E-state index contributed by atoms with van der Waals surface area (Å²) in [6, 6.07) is 1.33. The first-order valence-electron chi connectivity index (χ1n) is 5.37. The Balaban J connectivity index is 2.19. The van der Waals surface area contributed by atoms with E-state index in [1.165, 1.54) is 18.1 Å². The molecule has 0 aliphatic rings. The molecule has 0 radical (unpaired) electrons. The van der Waals surface area contributed by atoms with Crippen LogP contribution in [-0.2, 0) is 6.54 Å². The van der Waals surface area contributed by atoms with Crippen molar-refractivity contribution in [3.63, 3.8) is 0 Å². The molecule has 1 heterocycles. The van der Waals surface area contributed by atoms with Gasteiger partial charge in [0.2, 0.25) is 0 Å². The van der Waals surface area contributed by atoms with Crippen molar-refractivity contribution in [3.8, 4) is 0 Å². The van der Waals surface area contributed by atoms with Crippen molar-refractivity contribution in [2.75, 3.05) is 7.05 Å². The fourth-order valence-corrected chi connectivity index (χ4v) is 1.58. The Morgan fingerprint density at radius 2 is 1.95 bits per heavy atom. The van der Waals surface area contributed by atoms with Crippen LogP contribution in [0.4, 0.5) is 13.2 Å². The van der Waals surface area contributed by atoms with Crippen molar-refractivity contribution in [1.82, 2.24) is 14.9 Å². The van der Waals surface area contributed by atoms with E-state index in [-0.39, 0.29) is 12.1 Å². The maximum Gasteiger partial charge on any atom is 0.254 e. The van der Waals surface area contributed by atoms with Gasteiger partial charge in [-0.05, 0) is 12.1 Å². The van der Waals surface area contributed by atoms with Crippen molar-refractivity contribution in [1.29, 1.82) is 0 Å². The molecule has 0 saturated carbocycles. The summed E-state index contributed by atoms with van der Waals surface area (Å²) in [4.78, 5) is 19.8. The minimum absolute atomic E-state index is 0.145. The van der Waals surface area contributed by atoms with Crippen LogP contribution in [0.25, 0.3) is 0 Å². The predicted molar refractivity (Wildman–Crippen MR) is 60.7 cm³/mol. The lowest BCUT2D eigenvalue weighted by Crippen LogP contribution is -2.27. The lowest BCUT2D eigenvalue weighted by atomic mass is 10.2. The number of nitrogens with one attached hydrogen (secondary N) is 1. The average Bonchev–Trinajstić information content (AvgIpc) is 2.87. The standard InChI is InChI=1S/C12H10F3N3O/c1-18(6-10-16-2-3-17-10)12(19)7-4-8(13)11(15)9(14)5-7/h2-5H,6H2,1H3,(H,16,17). The minimum Gasteiger partial charge on any atom is -0.347 e. The molecule has 0 fully saturated rings. The predicted octanol–water partition coefficient (Wildman–Crippen LogP) is 2.10. The van der Waals surface area contributed by atoms with Gasteiger partial charge in [0.25, 0.3) is 5.91 Å². The number of imidazole rings is 1. The van der Waals surface area contributed by atoms with Crippen LogP contribution in [0.5, 0.6) is 0 Å². The van der Waals surface area contributed by atoms with E-state index in [9.17, 15) is 18.0 Å². The van der Waals surface area contributed by atoms with Gasteiger partial charge in [-0.2, -0.15) is 0 Å². The Labute approximate surface area is 106 Å². The van der Waals surface area contributed by atoms with Gasteiger partial charge in [0.1, 0.15) is 5.82 Å². The van der Waals surface area contributed by atoms with Crippen LogP contribution in [0.1, 0.15) is 16.2 Å². The van der Waals surface area contributed by atoms with Gasteiger partial charge in [-0.15, -0.1) is 0 Å². The monoisotopic (exact) mass is 269 g/mol. The van der Waals surface area contributed by atoms with Crippen LogP contribution in [-0.4, -0.2) is 27.8 Å². The summed E-state index contributed by atoms with van der Waals surface area (Å²) in [6.45, 7) is 0.145. The third-order valence-electron chi connectivity index (χ3n) is 2.52. The van der Waals surface area contributed by atoms with E-state index in [0.29, 0.717) is 18.0 Å². The maximum atomic E-state index is 13.0. The Bertz CT molecular complexity index is 575. The number of carbonyl (C=O) groups is 1. The molecule has 100 valence electrons. The zero-order valence-electron chi connectivity index (χ0n) is 9.95. The molecule has 0 aliphatic carbocycles. The molecule has 0 saturated heterocycles. The van der Waals surface area contributed by atoms with E-state index in [2.05, 4.69) is 9.97 Å². The topological polar surface area (TPSA) is 49.0 Å². The molecule has 7 heteroatoms. The highest BCUT2D eigenvalue weighted by Crippen LogP contribution is 2.15. The normalized spacial score (nSPS) is 10.5. The van der Waals surface area contributed by atoms with Crippen molar-refractivity contribution in [3.05, 3.63) is 53.4 Å². The van der Waals surface area contributed by atoms with Gasteiger partial charge in [0, 0.05) is 25.0 Å². The number of aromatic nitrogens is 2. The van der Waals surface area contributed by atoms with E-state index < -0.39 is 23.4 Å². The van der Waals surface area contributed by atoms with Gasteiger partial charge in [0.05, 0.1) is 6.54 Å². The summed E-state index contributed by atoms with van der Waals surface area (Å²) in [5.41, 5.74) is -0.259. The smallest absolute Gasteiger partial charge is 0.254 e. The first-order valence-corrected chi connectivity index (χ1v) is 5.37. The summed E-state index contributed by atoms with van der Waals surface area (Å²) >= 11 is 0. The van der Waals surface area contributed by atoms with Gasteiger partial charge in [-0.25, -0.2) is 18.2 Å². The summed E-state index contributed by atoms with van der Waals surface area (Å²) in [5, 5.41) is 0. The van der Waals surface area contributed by atoms with Gasteiger partial charge in [0.15, 0.2) is 17.5 Å². The Morgan fingerprint density at radius 1 is 1.32 bits per heavy atom.